The third-order valence-electron chi connectivity index (χ3n) is 4.45. The fourth-order valence-electron chi connectivity index (χ4n) is 2.96. The van der Waals surface area contributed by atoms with E-state index in [9.17, 15) is 13.2 Å². The molecule has 4 nitrogen and oxygen atoms in total. The summed E-state index contributed by atoms with van der Waals surface area (Å²) in [6, 6.07) is 8.37. The van der Waals surface area contributed by atoms with Gasteiger partial charge in [-0.1, -0.05) is 12.1 Å². The van der Waals surface area contributed by atoms with Gasteiger partial charge >= 0.3 is 6.18 Å². The van der Waals surface area contributed by atoms with Gasteiger partial charge in [0.2, 0.25) is 0 Å². The average Bonchev–Trinajstić information content (AvgIpc) is 3.07. The van der Waals surface area contributed by atoms with Crippen molar-refractivity contribution >= 4 is 0 Å². The van der Waals surface area contributed by atoms with Gasteiger partial charge in [-0.3, -0.25) is 4.90 Å². The SMILES string of the molecule is OCC1CCN(Cc2ccc(-n3ccc(C(F)(F)F)n3)cc2)CC1. The molecule has 2 aromatic rings. The summed E-state index contributed by atoms with van der Waals surface area (Å²) in [6.07, 6.45) is -1.10. The Kier molecular flexibility index (Phi) is 4.91. The molecule has 1 N–H and O–H groups in total. The van der Waals surface area contributed by atoms with Crippen molar-refractivity contribution in [1.82, 2.24) is 14.7 Å². The summed E-state index contributed by atoms with van der Waals surface area (Å²) in [5.41, 5.74) is 0.830. The summed E-state index contributed by atoms with van der Waals surface area (Å²) in [5.74, 6) is 0.409. The van der Waals surface area contributed by atoms with Crippen LogP contribution < -0.4 is 0 Å². The van der Waals surface area contributed by atoms with Gasteiger partial charge in [0.05, 0.1) is 5.69 Å². The van der Waals surface area contributed by atoms with Crippen LogP contribution in [0.3, 0.4) is 0 Å². The molecule has 2 heterocycles. The normalized spacial score (nSPS) is 17.3. The average molecular weight is 339 g/mol. The van der Waals surface area contributed by atoms with Crippen LogP contribution in [0, 0.1) is 5.92 Å². The lowest BCUT2D eigenvalue weighted by molar-refractivity contribution is -0.141. The minimum absolute atomic E-state index is 0.256. The van der Waals surface area contributed by atoms with Crippen molar-refractivity contribution < 1.29 is 18.3 Å². The molecular formula is C17H20F3N3O. The van der Waals surface area contributed by atoms with Crippen LogP contribution in [0.1, 0.15) is 24.1 Å². The number of piperidine rings is 1. The van der Waals surface area contributed by atoms with E-state index >= 15 is 0 Å². The number of nitrogens with zero attached hydrogens (tertiary/aromatic N) is 3. The van der Waals surface area contributed by atoms with Crippen LogP contribution in [0.2, 0.25) is 0 Å². The first kappa shape index (κ1) is 17.0. The van der Waals surface area contributed by atoms with E-state index in [1.807, 2.05) is 12.1 Å². The van der Waals surface area contributed by atoms with Crippen molar-refractivity contribution in [3.8, 4) is 5.69 Å². The Morgan fingerprint density at radius 3 is 2.29 bits per heavy atom. The van der Waals surface area contributed by atoms with Crippen molar-refractivity contribution in [2.75, 3.05) is 19.7 Å². The second kappa shape index (κ2) is 6.94. The maximum atomic E-state index is 12.6. The highest BCUT2D eigenvalue weighted by molar-refractivity contribution is 5.34. The Hall–Kier alpha value is -1.86. The van der Waals surface area contributed by atoms with Crippen LogP contribution in [-0.4, -0.2) is 39.5 Å². The molecule has 1 aliphatic heterocycles. The van der Waals surface area contributed by atoms with Crippen molar-refractivity contribution in [1.29, 1.82) is 0 Å². The van der Waals surface area contributed by atoms with Gasteiger partial charge in [-0.25, -0.2) is 4.68 Å². The second-order valence-electron chi connectivity index (χ2n) is 6.21. The van der Waals surface area contributed by atoms with E-state index in [-0.39, 0.29) is 6.61 Å². The van der Waals surface area contributed by atoms with E-state index in [0.717, 1.165) is 44.1 Å². The quantitative estimate of drug-likeness (QED) is 0.931. The molecule has 1 aromatic heterocycles. The van der Waals surface area contributed by atoms with Crippen LogP contribution >= 0.6 is 0 Å². The van der Waals surface area contributed by atoms with Crippen molar-refractivity contribution in [2.45, 2.75) is 25.6 Å². The number of alkyl halides is 3. The third kappa shape index (κ3) is 3.96. The van der Waals surface area contributed by atoms with E-state index in [2.05, 4.69) is 10.00 Å². The highest BCUT2D eigenvalue weighted by atomic mass is 19.4. The number of aliphatic hydroxyl groups is 1. The number of aromatic nitrogens is 2. The van der Waals surface area contributed by atoms with Crippen LogP contribution in [0.15, 0.2) is 36.5 Å². The highest BCUT2D eigenvalue weighted by Gasteiger charge is 2.33. The molecule has 1 aliphatic rings. The largest absolute Gasteiger partial charge is 0.435 e. The Morgan fingerprint density at radius 1 is 1.08 bits per heavy atom. The van der Waals surface area contributed by atoms with Crippen LogP contribution in [-0.2, 0) is 12.7 Å². The zero-order valence-corrected chi connectivity index (χ0v) is 13.2. The molecule has 0 aliphatic carbocycles. The van der Waals surface area contributed by atoms with E-state index in [1.54, 1.807) is 12.1 Å². The Labute approximate surface area is 138 Å². The lowest BCUT2D eigenvalue weighted by Gasteiger charge is -2.31. The number of likely N-dealkylation sites (tertiary alicyclic amines) is 1. The second-order valence-corrected chi connectivity index (χ2v) is 6.21. The first-order valence-electron chi connectivity index (χ1n) is 8.01. The Morgan fingerprint density at radius 2 is 1.75 bits per heavy atom. The number of aliphatic hydroxyl groups excluding tert-OH is 1. The Balaban J connectivity index is 1.62. The predicted molar refractivity (Wildman–Crippen MR) is 83.7 cm³/mol. The van der Waals surface area contributed by atoms with Crippen LogP contribution in [0.5, 0.6) is 0 Å². The molecule has 24 heavy (non-hydrogen) atoms. The minimum atomic E-state index is -4.42. The molecule has 0 saturated carbocycles. The van der Waals surface area contributed by atoms with E-state index in [1.165, 1.54) is 10.9 Å². The fraction of sp³-hybridized carbons (Fsp3) is 0.471. The van der Waals surface area contributed by atoms with Gasteiger partial charge in [-0.2, -0.15) is 18.3 Å². The van der Waals surface area contributed by atoms with Crippen molar-refractivity contribution in [3.05, 3.63) is 47.8 Å². The lowest BCUT2D eigenvalue weighted by Crippen LogP contribution is -2.34. The summed E-state index contributed by atoms with van der Waals surface area (Å²) < 4.78 is 39.0. The molecule has 0 amide bonds. The smallest absolute Gasteiger partial charge is 0.396 e. The zero-order chi connectivity index (χ0) is 17.2. The molecule has 0 unspecified atom stereocenters. The minimum Gasteiger partial charge on any atom is -0.396 e. The third-order valence-corrected chi connectivity index (χ3v) is 4.45. The molecule has 7 heteroatoms. The molecule has 0 radical (unpaired) electrons. The van der Waals surface area contributed by atoms with Gasteiger partial charge in [-0.05, 0) is 55.6 Å². The van der Waals surface area contributed by atoms with Crippen LogP contribution in [0.25, 0.3) is 5.69 Å². The molecule has 0 spiro atoms. The lowest BCUT2D eigenvalue weighted by atomic mass is 9.97. The van der Waals surface area contributed by atoms with E-state index in [0.29, 0.717) is 11.6 Å². The predicted octanol–water partition coefficient (Wildman–Crippen LogP) is 3.10. The summed E-state index contributed by atoms with van der Waals surface area (Å²) in [6.45, 7) is 2.99. The van der Waals surface area contributed by atoms with E-state index in [4.69, 9.17) is 5.11 Å². The summed E-state index contributed by atoms with van der Waals surface area (Å²) in [4.78, 5) is 2.33. The summed E-state index contributed by atoms with van der Waals surface area (Å²) in [7, 11) is 0. The molecule has 1 saturated heterocycles. The van der Waals surface area contributed by atoms with Gasteiger partial charge in [0.25, 0.3) is 0 Å². The fourth-order valence-corrected chi connectivity index (χ4v) is 2.96. The number of halogens is 3. The van der Waals surface area contributed by atoms with Gasteiger partial charge < -0.3 is 5.11 Å². The van der Waals surface area contributed by atoms with Gasteiger partial charge in [0.1, 0.15) is 0 Å². The molecule has 130 valence electrons. The summed E-state index contributed by atoms with van der Waals surface area (Å²) in [5, 5.41) is 12.7. The molecule has 0 atom stereocenters. The molecule has 1 aromatic carbocycles. The summed E-state index contributed by atoms with van der Waals surface area (Å²) >= 11 is 0. The highest BCUT2D eigenvalue weighted by Crippen LogP contribution is 2.28. The molecule has 3 rings (SSSR count). The number of benzene rings is 1. The maximum absolute atomic E-state index is 12.6. The standard InChI is InChI=1S/C17H20F3N3O/c18-17(19,20)16-7-10-23(21-16)15-3-1-13(2-4-15)11-22-8-5-14(12-24)6-9-22/h1-4,7,10,14,24H,5-6,8-9,11-12H2. The van der Waals surface area contributed by atoms with Gasteiger partial charge in [0, 0.05) is 19.3 Å². The topological polar surface area (TPSA) is 41.3 Å². The monoisotopic (exact) mass is 339 g/mol. The maximum Gasteiger partial charge on any atom is 0.435 e. The van der Waals surface area contributed by atoms with Crippen molar-refractivity contribution in [3.63, 3.8) is 0 Å². The zero-order valence-electron chi connectivity index (χ0n) is 13.2. The molecule has 1 fully saturated rings. The molecular weight excluding hydrogens is 319 g/mol. The van der Waals surface area contributed by atoms with Gasteiger partial charge in [-0.15, -0.1) is 0 Å². The van der Waals surface area contributed by atoms with E-state index < -0.39 is 11.9 Å². The number of rotatable bonds is 4. The van der Waals surface area contributed by atoms with Crippen molar-refractivity contribution in [2.24, 2.45) is 5.92 Å². The Bertz CT molecular complexity index is 658. The number of hydrogen-bond donors (Lipinski definition) is 1. The van der Waals surface area contributed by atoms with Crippen LogP contribution in [0.4, 0.5) is 13.2 Å². The first-order chi connectivity index (χ1) is 11.5. The number of hydrogen-bond acceptors (Lipinski definition) is 3. The van der Waals surface area contributed by atoms with Gasteiger partial charge in [0.15, 0.2) is 5.69 Å². The molecule has 0 bridgehead atoms. The first-order valence-corrected chi connectivity index (χ1v) is 8.01.